The summed E-state index contributed by atoms with van der Waals surface area (Å²) in [5.74, 6) is -0.139. The lowest BCUT2D eigenvalue weighted by atomic mass is 9.82. The Morgan fingerprint density at radius 1 is 1.29 bits per heavy atom. The molecule has 0 radical (unpaired) electrons. The number of hydrogen-bond acceptors (Lipinski definition) is 1. The monoisotopic (exact) mass is 271 g/mol. The molecule has 92 valence electrons. The van der Waals surface area contributed by atoms with Crippen molar-refractivity contribution in [2.45, 2.75) is 33.1 Å². The van der Waals surface area contributed by atoms with Gasteiger partial charge >= 0.3 is 0 Å². The first-order chi connectivity index (χ1) is 7.78. The van der Waals surface area contributed by atoms with E-state index in [0.717, 1.165) is 17.7 Å². The zero-order chi connectivity index (χ0) is 12.8. The molecule has 2 nitrogen and oxygen atoms in total. The Labute approximate surface area is 111 Å². The molecule has 0 saturated heterocycles. The minimum Gasteiger partial charge on any atom is -0.324 e. The zero-order valence-electron chi connectivity index (χ0n) is 10.1. The molecule has 1 aromatic carbocycles. The number of carbonyl (C=O) groups excluding carboxylic acids is 1. The van der Waals surface area contributed by atoms with Gasteiger partial charge in [-0.25, -0.2) is 0 Å². The Kier molecular flexibility index (Phi) is 3.13. The van der Waals surface area contributed by atoms with E-state index in [9.17, 15) is 4.79 Å². The molecule has 1 N–H and O–H groups in total. The van der Waals surface area contributed by atoms with E-state index in [2.05, 4.69) is 26.1 Å². The van der Waals surface area contributed by atoms with E-state index < -0.39 is 0 Å². The van der Waals surface area contributed by atoms with Crippen molar-refractivity contribution >= 4 is 34.8 Å². The molecule has 0 bridgehead atoms. The first kappa shape index (κ1) is 12.7. The fraction of sp³-hybridized carbons (Fsp3) is 0.462. The van der Waals surface area contributed by atoms with E-state index in [1.807, 2.05) is 6.07 Å². The average Bonchev–Trinajstić information content (AvgIpc) is 2.43. The standard InChI is InChI=1S/C13H15Cl2NO/c1-13(2,3)6-9-8-4-7(14)5-10(15)11(8)16-12(9)17/h4-5,9H,6H2,1-3H3,(H,16,17). The SMILES string of the molecule is CC(C)(C)CC1C(=O)Nc2c(Cl)cc(Cl)cc21. The maximum Gasteiger partial charge on any atom is 0.232 e. The molecule has 1 unspecified atom stereocenters. The first-order valence-electron chi connectivity index (χ1n) is 5.58. The van der Waals surface area contributed by atoms with Crippen LogP contribution in [0.5, 0.6) is 0 Å². The fourth-order valence-corrected chi connectivity index (χ4v) is 2.72. The van der Waals surface area contributed by atoms with Crippen LogP contribution in [0.1, 0.15) is 38.7 Å². The summed E-state index contributed by atoms with van der Waals surface area (Å²) in [6.07, 6.45) is 0.780. The van der Waals surface area contributed by atoms with Crippen LogP contribution in [0.15, 0.2) is 12.1 Å². The largest absolute Gasteiger partial charge is 0.324 e. The molecule has 1 aromatic rings. The molecule has 0 spiro atoms. The van der Waals surface area contributed by atoms with Gasteiger partial charge in [-0.1, -0.05) is 44.0 Å². The molecule has 0 aliphatic carbocycles. The Morgan fingerprint density at radius 2 is 1.94 bits per heavy atom. The van der Waals surface area contributed by atoms with Gasteiger partial charge in [-0.3, -0.25) is 4.79 Å². The number of amides is 1. The van der Waals surface area contributed by atoms with Gasteiger partial charge in [0.1, 0.15) is 0 Å². The molecule has 1 aliphatic rings. The molecule has 4 heteroatoms. The van der Waals surface area contributed by atoms with Crippen LogP contribution in [0, 0.1) is 5.41 Å². The normalized spacial score (nSPS) is 19.1. The molecule has 0 saturated carbocycles. The van der Waals surface area contributed by atoms with E-state index >= 15 is 0 Å². The molecule has 1 aliphatic heterocycles. The first-order valence-corrected chi connectivity index (χ1v) is 6.33. The number of hydrogen-bond donors (Lipinski definition) is 1. The van der Waals surface area contributed by atoms with Crippen LogP contribution >= 0.6 is 23.2 Å². The van der Waals surface area contributed by atoms with Crippen molar-refractivity contribution < 1.29 is 4.79 Å². The van der Waals surface area contributed by atoms with Gasteiger partial charge < -0.3 is 5.32 Å². The molecule has 0 fully saturated rings. The summed E-state index contributed by atoms with van der Waals surface area (Å²) >= 11 is 12.1. The molecule has 1 amide bonds. The lowest BCUT2D eigenvalue weighted by Crippen LogP contribution is -2.18. The molecule has 0 aromatic heterocycles. The second-order valence-electron chi connectivity index (χ2n) is 5.66. The molecular formula is C13H15Cl2NO. The predicted molar refractivity (Wildman–Crippen MR) is 71.9 cm³/mol. The zero-order valence-corrected chi connectivity index (χ0v) is 11.6. The van der Waals surface area contributed by atoms with Crippen molar-refractivity contribution in [1.29, 1.82) is 0 Å². The lowest BCUT2D eigenvalue weighted by molar-refractivity contribution is -0.117. The highest BCUT2D eigenvalue weighted by Crippen LogP contribution is 2.44. The van der Waals surface area contributed by atoms with Gasteiger partial charge in [-0.05, 0) is 29.5 Å². The smallest absolute Gasteiger partial charge is 0.232 e. The Hall–Kier alpha value is -0.730. The third-order valence-corrected chi connectivity index (χ3v) is 3.36. The summed E-state index contributed by atoms with van der Waals surface area (Å²) in [6.45, 7) is 6.35. The van der Waals surface area contributed by atoms with Crippen LogP contribution < -0.4 is 5.32 Å². The number of benzene rings is 1. The molecular weight excluding hydrogens is 257 g/mol. The van der Waals surface area contributed by atoms with Crippen LogP contribution in [-0.2, 0) is 4.79 Å². The molecule has 2 rings (SSSR count). The van der Waals surface area contributed by atoms with Crippen molar-refractivity contribution in [1.82, 2.24) is 0 Å². The highest BCUT2D eigenvalue weighted by molar-refractivity contribution is 6.37. The fourth-order valence-electron chi connectivity index (χ4n) is 2.17. The quantitative estimate of drug-likeness (QED) is 0.803. The van der Waals surface area contributed by atoms with E-state index in [4.69, 9.17) is 23.2 Å². The van der Waals surface area contributed by atoms with Crippen molar-refractivity contribution in [2.75, 3.05) is 5.32 Å². The maximum atomic E-state index is 12.0. The number of carbonyl (C=O) groups is 1. The van der Waals surface area contributed by atoms with Crippen LogP contribution in [0.2, 0.25) is 10.0 Å². The second kappa shape index (κ2) is 4.18. The summed E-state index contributed by atoms with van der Waals surface area (Å²) in [6, 6.07) is 3.48. The summed E-state index contributed by atoms with van der Waals surface area (Å²) in [4.78, 5) is 12.0. The molecule has 17 heavy (non-hydrogen) atoms. The molecule has 1 heterocycles. The van der Waals surface area contributed by atoms with Crippen LogP contribution in [-0.4, -0.2) is 5.91 Å². The Bertz CT molecular complexity index is 477. The van der Waals surface area contributed by atoms with Gasteiger partial charge in [0, 0.05) is 5.02 Å². The summed E-state index contributed by atoms with van der Waals surface area (Å²) < 4.78 is 0. The van der Waals surface area contributed by atoms with Gasteiger partial charge in [0.15, 0.2) is 0 Å². The van der Waals surface area contributed by atoms with Gasteiger partial charge in [0.25, 0.3) is 0 Å². The number of rotatable bonds is 1. The van der Waals surface area contributed by atoms with Crippen molar-refractivity contribution in [3.8, 4) is 0 Å². The number of anilines is 1. The number of nitrogens with one attached hydrogen (secondary N) is 1. The van der Waals surface area contributed by atoms with Gasteiger partial charge in [0.2, 0.25) is 5.91 Å². The summed E-state index contributed by atoms with van der Waals surface area (Å²) in [5, 5.41) is 3.92. The summed E-state index contributed by atoms with van der Waals surface area (Å²) in [5.41, 5.74) is 1.72. The van der Waals surface area contributed by atoms with Gasteiger partial charge in [0.05, 0.1) is 16.6 Å². The summed E-state index contributed by atoms with van der Waals surface area (Å²) in [7, 11) is 0. The van der Waals surface area contributed by atoms with Gasteiger partial charge in [-0.2, -0.15) is 0 Å². The number of fused-ring (bicyclic) bond motifs is 1. The third kappa shape index (κ3) is 2.58. The van der Waals surface area contributed by atoms with E-state index in [1.54, 1.807) is 6.07 Å². The Balaban J connectivity index is 2.43. The average molecular weight is 272 g/mol. The predicted octanol–water partition coefficient (Wildman–Crippen LogP) is 4.47. The minimum atomic E-state index is -0.152. The van der Waals surface area contributed by atoms with Crippen molar-refractivity contribution in [3.05, 3.63) is 27.7 Å². The minimum absolute atomic E-state index is 0.0130. The van der Waals surface area contributed by atoms with E-state index in [1.165, 1.54) is 0 Å². The van der Waals surface area contributed by atoms with E-state index in [-0.39, 0.29) is 17.2 Å². The van der Waals surface area contributed by atoms with Crippen LogP contribution in [0.25, 0.3) is 0 Å². The van der Waals surface area contributed by atoms with Crippen LogP contribution in [0.3, 0.4) is 0 Å². The van der Waals surface area contributed by atoms with Crippen molar-refractivity contribution in [3.63, 3.8) is 0 Å². The molecule has 1 atom stereocenters. The lowest BCUT2D eigenvalue weighted by Gasteiger charge is -2.21. The topological polar surface area (TPSA) is 29.1 Å². The second-order valence-corrected chi connectivity index (χ2v) is 6.50. The highest BCUT2D eigenvalue weighted by Gasteiger charge is 2.35. The van der Waals surface area contributed by atoms with Crippen molar-refractivity contribution in [2.24, 2.45) is 5.41 Å². The highest BCUT2D eigenvalue weighted by atomic mass is 35.5. The number of halogens is 2. The third-order valence-electron chi connectivity index (χ3n) is 2.84. The van der Waals surface area contributed by atoms with Gasteiger partial charge in [-0.15, -0.1) is 0 Å². The van der Waals surface area contributed by atoms with E-state index in [0.29, 0.717) is 10.0 Å². The van der Waals surface area contributed by atoms with Crippen LogP contribution in [0.4, 0.5) is 5.69 Å². The Morgan fingerprint density at radius 3 is 2.53 bits per heavy atom. The maximum absolute atomic E-state index is 12.0.